The molecule has 0 spiro atoms. The smallest absolute Gasteiger partial charge is 0.0712 e. The predicted molar refractivity (Wildman–Crippen MR) is 116 cm³/mol. The molecule has 28 heavy (non-hydrogen) atoms. The molecule has 2 aromatic carbocycles. The van der Waals surface area contributed by atoms with Crippen LogP contribution >= 0.6 is 0 Å². The quantitative estimate of drug-likeness (QED) is 0.472. The number of hydrogen-bond acceptors (Lipinski definition) is 1. The molecule has 0 N–H and O–H groups in total. The maximum Gasteiger partial charge on any atom is 0.0712 e. The Morgan fingerprint density at radius 2 is 1.43 bits per heavy atom. The van der Waals surface area contributed by atoms with Gasteiger partial charge in [-0.2, -0.15) is 0 Å². The van der Waals surface area contributed by atoms with Crippen molar-refractivity contribution in [3.05, 3.63) is 65.2 Å². The van der Waals surface area contributed by atoms with Gasteiger partial charge < -0.3 is 0 Å². The highest BCUT2D eigenvalue weighted by molar-refractivity contribution is 5.85. The van der Waals surface area contributed by atoms with Gasteiger partial charge in [0, 0.05) is 10.9 Å². The lowest BCUT2D eigenvalue weighted by molar-refractivity contribution is -0.00231. The van der Waals surface area contributed by atoms with E-state index in [0.29, 0.717) is 0 Å². The molecular formula is C27H29N. The number of hydrogen-bond donors (Lipinski definition) is 0. The predicted octanol–water partition coefficient (Wildman–Crippen LogP) is 7.06. The van der Waals surface area contributed by atoms with E-state index >= 15 is 0 Å². The second-order valence-corrected chi connectivity index (χ2v) is 9.94. The summed E-state index contributed by atoms with van der Waals surface area (Å²) in [5.41, 5.74) is 7.70. The third-order valence-corrected chi connectivity index (χ3v) is 7.87. The van der Waals surface area contributed by atoms with Gasteiger partial charge in [-0.1, -0.05) is 35.4 Å². The van der Waals surface area contributed by atoms with Crippen molar-refractivity contribution < 1.29 is 0 Å². The summed E-state index contributed by atoms with van der Waals surface area (Å²) < 4.78 is 0. The van der Waals surface area contributed by atoms with E-state index in [4.69, 9.17) is 4.98 Å². The van der Waals surface area contributed by atoms with Gasteiger partial charge in [-0.3, -0.25) is 0 Å². The molecule has 4 bridgehead atoms. The van der Waals surface area contributed by atoms with Gasteiger partial charge in [0.05, 0.1) is 11.2 Å². The Labute approximate surface area is 168 Å². The SMILES string of the molecule is Cc1cc(C)cc(-c2ccc3c(C4C5CC6CC(C5)CC4C6)cccc3n2)c1. The Bertz CT molecular complexity index is 1010. The summed E-state index contributed by atoms with van der Waals surface area (Å²) in [6, 6.07) is 18.2. The second kappa shape index (κ2) is 6.17. The molecule has 142 valence electrons. The van der Waals surface area contributed by atoms with Gasteiger partial charge >= 0.3 is 0 Å². The van der Waals surface area contributed by atoms with Gasteiger partial charge in [-0.15, -0.1) is 0 Å². The topological polar surface area (TPSA) is 12.9 Å². The highest BCUT2D eigenvalue weighted by Crippen LogP contribution is 2.60. The lowest BCUT2D eigenvalue weighted by atomic mass is 9.50. The van der Waals surface area contributed by atoms with E-state index in [1.807, 2.05) is 0 Å². The number of rotatable bonds is 2. The Balaban J connectivity index is 1.43. The standard InChI is InChI=1S/C27H29N/c1-16-8-17(2)10-20(9-16)25-7-6-23-24(4-3-5-26(23)28-25)27-21-12-18-11-19(14-21)15-22(27)13-18/h3-10,18-19,21-22,27H,11-15H2,1-2H3. The third-order valence-electron chi connectivity index (χ3n) is 7.87. The van der Waals surface area contributed by atoms with Crippen molar-refractivity contribution in [2.45, 2.75) is 51.9 Å². The summed E-state index contributed by atoms with van der Waals surface area (Å²) in [5, 5.41) is 1.40. The van der Waals surface area contributed by atoms with Crippen LogP contribution in [-0.2, 0) is 0 Å². The molecule has 4 saturated carbocycles. The van der Waals surface area contributed by atoms with Gasteiger partial charge in [0.1, 0.15) is 0 Å². The van der Waals surface area contributed by atoms with Crippen molar-refractivity contribution >= 4 is 10.9 Å². The minimum atomic E-state index is 0.769. The summed E-state index contributed by atoms with van der Waals surface area (Å²) in [7, 11) is 0. The molecule has 0 aliphatic heterocycles. The molecule has 3 aromatic rings. The van der Waals surface area contributed by atoms with Crippen LogP contribution in [-0.4, -0.2) is 4.98 Å². The number of fused-ring (bicyclic) bond motifs is 1. The molecule has 7 rings (SSSR count). The Kier molecular flexibility index (Phi) is 3.70. The summed E-state index contributed by atoms with van der Waals surface area (Å²) >= 11 is 0. The van der Waals surface area contributed by atoms with E-state index in [9.17, 15) is 0 Å². The van der Waals surface area contributed by atoms with E-state index in [-0.39, 0.29) is 0 Å². The number of aryl methyl sites for hydroxylation is 2. The van der Waals surface area contributed by atoms with Crippen LogP contribution in [0.3, 0.4) is 0 Å². The van der Waals surface area contributed by atoms with Crippen LogP contribution in [0.2, 0.25) is 0 Å². The molecule has 0 radical (unpaired) electrons. The van der Waals surface area contributed by atoms with Crippen LogP contribution < -0.4 is 0 Å². The third kappa shape index (κ3) is 2.63. The maximum atomic E-state index is 5.10. The van der Waals surface area contributed by atoms with Gasteiger partial charge in [0.15, 0.2) is 0 Å². The summed E-state index contributed by atoms with van der Waals surface area (Å²) in [5.74, 6) is 4.67. The van der Waals surface area contributed by atoms with E-state index < -0.39 is 0 Å². The molecule has 0 unspecified atom stereocenters. The first-order valence-electron chi connectivity index (χ1n) is 11.1. The molecule has 1 heteroatoms. The summed E-state index contributed by atoms with van der Waals surface area (Å²) in [4.78, 5) is 5.10. The van der Waals surface area contributed by atoms with Gasteiger partial charge in [0.25, 0.3) is 0 Å². The van der Waals surface area contributed by atoms with Crippen molar-refractivity contribution in [3.8, 4) is 11.3 Å². The first-order valence-corrected chi connectivity index (χ1v) is 11.1. The van der Waals surface area contributed by atoms with E-state index in [2.05, 4.69) is 62.4 Å². The zero-order valence-corrected chi connectivity index (χ0v) is 17.0. The zero-order chi connectivity index (χ0) is 18.8. The number of benzene rings is 2. The lowest BCUT2D eigenvalue weighted by Gasteiger charge is -2.54. The minimum absolute atomic E-state index is 0.769. The maximum absolute atomic E-state index is 5.10. The minimum Gasteiger partial charge on any atom is -0.248 e. The van der Waals surface area contributed by atoms with Gasteiger partial charge in [-0.25, -0.2) is 4.98 Å². The largest absolute Gasteiger partial charge is 0.248 e. The molecule has 4 fully saturated rings. The first-order chi connectivity index (χ1) is 13.6. The molecule has 1 nitrogen and oxygen atoms in total. The first kappa shape index (κ1) is 16.8. The van der Waals surface area contributed by atoms with Crippen LogP contribution in [0.5, 0.6) is 0 Å². The normalized spacial score (nSPS) is 30.9. The van der Waals surface area contributed by atoms with Crippen molar-refractivity contribution in [3.63, 3.8) is 0 Å². The average Bonchev–Trinajstić information content (AvgIpc) is 2.66. The van der Waals surface area contributed by atoms with Crippen molar-refractivity contribution in [1.29, 1.82) is 0 Å². The van der Waals surface area contributed by atoms with Crippen LogP contribution in [0, 0.1) is 37.5 Å². The number of nitrogens with zero attached hydrogens (tertiary/aromatic N) is 1. The van der Waals surface area contributed by atoms with E-state index in [1.54, 1.807) is 5.56 Å². The molecule has 4 aliphatic rings. The van der Waals surface area contributed by atoms with Crippen molar-refractivity contribution in [2.75, 3.05) is 0 Å². The fourth-order valence-electron chi connectivity index (χ4n) is 7.19. The van der Waals surface area contributed by atoms with Gasteiger partial charge in [0.2, 0.25) is 0 Å². The van der Waals surface area contributed by atoms with Gasteiger partial charge in [-0.05, 0) is 105 Å². The van der Waals surface area contributed by atoms with Crippen molar-refractivity contribution in [2.24, 2.45) is 23.7 Å². The van der Waals surface area contributed by atoms with Crippen LogP contribution in [0.1, 0.15) is 54.7 Å². The number of aromatic nitrogens is 1. The highest BCUT2D eigenvalue weighted by Gasteiger charge is 2.48. The molecule has 0 atom stereocenters. The molecule has 1 heterocycles. The summed E-state index contributed by atoms with van der Waals surface area (Å²) in [6.45, 7) is 4.34. The van der Waals surface area contributed by atoms with E-state index in [1.165, 1.54) is 59.7 Å². The number of pyridine rings is 1. The monoisotopic (exact) mass is 367 g/mol. The second-order valence-electron chi connectivity index (χ2n) is 9.94. The van der Waals surface area contributed by atoms with Crippen LogP contribution in [0.25, 0.3) is 22.2 Å². The highest BCUT2D eigenvalue weighted by atomic mass is 14.7. The van der Waals surface area contributed by atoms with Crippen LogP contribution in [0.15, 0.2) is 48.5 Å². The molecule has 0 amide bonds. The molecule has 4 aliphatic carbocycles. The van der Waals surface area contributed by atoms with Crippen LogP contribution in [0.4, 0.5) is 0 Å². The Hall–Kier alpha value is -2.15. The lowest BCUT2D eigenvalue weighted by Crippen LogP contribution is -2.43. The molecular weight excluding hydrogens is 338 g/mol. The zero-order valence-electron chi connectivity index (χ0n) is 17.0. The fraction of sp³-hybridized carbons (Fsp3) is 0.444. The molecule has 1 aromatic heterocycles. The van der Waals surface area contributed by atoms with E-state index in [0.717, 1.165) is 35.3 Å². The Morgan fingerprint density at radius 3 is 2.11 bits per heavy atom. The molecule has 0 saturated heterocycles. The summed E-state index contributed by atoms with van der Waals surface area (Å²) in [6.07, 6.45) is 7.42. The fourth-order valence-corrected chi connectivity index (χ4v) is 7.19. The van der Waals surface area contributed by atoms with Crippen molar-refractivity contribution in [1.82, 2.24) is 4.98 Å². The average molecular weight is 368 g/mol. The Morgan fingerprint density at radius 1 is 0.750 bits per heavy atom.